The summed E-state index contributed by atoms with van der Waals surface area (Å²) in [4.78, 5) is 46.4. The maximum Gasteiger partial charge on any atom is 0.320 e. The van der Waals surface area contributed by atoms with E-state index in [9.17, 15) is 19.2 Å². The number of nitrogens with one attached hydrogen (secondary N) is 4. The van der Waals surface area contributed by atoms with Gasteiger partial charge in [0.2, 0.25) is 17.7 Å². The first-order valence-electron chi connectivity index (χ1n) is 10.2. The lowest BCUT2D eigenvalue weighted by atomic mass is 10.1. The van der Waals surface area contributed by atoms with Gasteiger partial charge in [-0.2, -0.15) is 12.6 Å². The van der Waals surface area contributed by atoms with E-state index in [0.717, 1.165) is 38.8 Å². The molecule has 0 saturated heterocycles. The first-order valence-corrected chi connectivity index (χ1v) is 10.8. The fourth-order valence-corrected chi connectivity index (χ4v) is 2.62. The number of rotatable bonds is 18. The molecular weight excluding hydrogens is 412 g/mol. The molecule has 0 aromatic heterocycles. The zero-order chi connectivity index (χ0) is 22.8. The van der Waals surface area contributed by atoms with Crippen molar-refractivity contribution >= 4 is 36.3 Å². The van der Waals surface area contributed by atoms with E-state index in [1.54, 1.807) is 0 Å². The largest absolute Gasteiger partial charge is 0.480 e. The fourth-order valence-electron chi connectivity index (χ4n) is 2.36. The van der Waals surface area contributed by atoms with Crippen LogP contribution in [0.4, 0.5) is 0 Å². The molecule has 2 atom stereocenters. The molecule has 0 fully saturated rings. The Morgan fingerprint density at radius 3 is 2.27 bits per heavy atom. The second-order valence-corrected chi connectivity index (χ2v) is 7.17. The van der Waals surface area contributed by atoms with E-state index in [1.807, 2.05) is 0 Å². The SMILES string of the molecule is NCCCCCNCCCNC(=O)CNC(=O)C(CS)NC(=O)CCC(N)C(=O)O. The van der Waals surface area contributed by atoms with Gasteiger partial charge in [0, 0.05) is 18.7 Å². The highest BCUT2D eigenvalue weighted by Gasteiger charge is 2.21. The summed E-state index contributed by atoms with van der Waals surface area (Å²) in [7, 11) is 0. The highest BCUT2D eigenvalue weighted by molar-refractivity contribution is 7.80. The van der Waals surface area contributed by atoms with Gasteiger partial charge < -0.3 is 37.8 Å². The lowest BCUT2D eigenvalue weighted by Crippen LogP contribution is -2.50. The molecule has 174 valence electrons. The fraction of sp³-hybridized carbons (Fsp3) is 0.778. The normalized spacial score (nSPS) is 12.6. The van der Waals surface area contributed by atoms with Crippen molar-refractivity contribution in [2.75, 3.05) is 38.5 Å². The van der Waals surface area contributed by atoms with E-state index >= 15 is 0 Å². The predicted octanol–water partition coefficient (Wildman–Crippen LogP) is -2.07. The molecule has 30 heavy (non-hydrogen) atoms. The lowest BCUT2D eigenvalue weighted by molar-refractivity contribution is -0.138. The van der Waals surface area contributed by atoms with Crippen LogP contribution in [0.25, 0.3) is 0 Å². The molecule has 0 aliphatic rings. The average Bonchev–Trinajstić information content (AvgIpc) is 2.72. The minimum absolute atomic E-state index is 0.0289. The standard InChI is InChI=1S/C18H36N6O5S/c19-7-2-1-3-8-21-9-4-10-22-16(26)11-23-17(27)14(12-30)24-15(25)6-5-13(20)18(28)29/h13-14,21,30H,1-12,19-20H2,(H,22,26)(H,23,27)(H,24,25)(H,28,29). The number of unbranched alkanes of at least 4 members (excludes halogenated alkanes) is 2. The van der Waals surface area contributed by atoms with Crippen molar-refractivity contribution in [1.82, 2.24) is 21.3 Å². The number of carbonyl (C=O) groups is 4. The molecule has 0 rings (SSSR count). The number of hydrogen-bond donors (Lipinski definition) is 8. The highest BCUT2D eigenvalue weighted by Crippen LogP contribution is 1.97. The maximum absolute atomic E-state index is 12.1. The average molecular weight is 449 g/mol. The summed E-state index contributed by atoms with van der Waals surface area (Å²) in [5, 5.41) is 19.6. The van der Waals surface area contributed by atoms with Gasteiger partial charge in [0.1, 0.15) is 12.1 Å². The van der Waals surface area contributed by atoms with Crippen LogP contribution in [-0.4, -0.2) is 79.4 Å². The molecule has 3 amide bonds. The Hall–Kier alpha value is -1.89. The first-order chi connectivity index (χ1) is 14.3. The Morgan fingerprint density at radius 2 is 1.63 bits per heavy atom. The summed E-state index contributed by atoms with van der Waals surface area (Å²) in [5.74, 6) is -2.56. The van der Waals surface area contributed by atoms with Crippen molar-refractivity contribution in [3.8, 4) is 0 Å². The van der Waals surface area contributed by atoms with Crippen molar-refractivity contribution in [2.45, 2.75) is 50.6 Å². The lowest BCUT2D eigenvalue weighted by Gasteiger charge is -2.17. The molecule has 2 unspecified atom stereocenters. The Kier molecular flexibility index (Phi) is 16.8. The number of aliphatic carboxylic acids is 1. The van der Waals surface area contributed by atoms with Crippen LogP contribution in [0.3, 0.4) is 0 Å². The molecule has 9 N–H and O–H groups in total. The van der Waals surface area contributed by atoms with E-state index in [2.05, 4.69) is 33.9 Å². The van der Waals surface area contributed by atoms with Gasteiger partial charge in [-0.25, -0.2) is 0 Å². The number of amides is 3. The molecule has 0 radical (unpaired) electrons. The first kappa shape index (κ1) is 28.1. The molecule has 12 heteroatoms. The third-order valence-electron chi connectivity index (χ3n) is 4.17. The number of carboxylic acids is 1. The monoisotopic (exact) mass is 448 g/mol. The molecule has 0 aliphatic carbocycles. The van der Waals surface area contributed by atoms with Gasteiger partial charge in [-0.3, -0.25) is 19.2 Å². The second-order valence-electron chi connectivity index (χ2n) is 6.81. The smallest absolute Gasteiger partial charge is 0.320 e. The topological polar surface area (TPSA) is 189 Å². The Balaban J connectivity index is 3.92. The molecule has 0 heterocycles. The van der Waals surface area contributed by atoms with Crippen LogP contribution in [0.15, 0.2) is 0 Å². The Bertz CT molecular complexity index is 537. The molecule has 0 aliphatic heterocycles. The summed E-state index contributed by atoms with van der Waals surface area (Å²) in [5.41, 5.74) is 10.8. The minimum atomic E-state index is -1.20. The third-order valence-corrected chi connectivity index (χ3v) is 4.53. The van der Waals surface area contributed by atoms with Crippen LogP contribution in [0.1, 0.15) is 38.5 Å². The highest BCUT2D eigenvalue weighted by atomic mass is 32.1. The molecule has 0 saturated carbocycles. The van der Waals surface area contributed by atoms with Crippen molar-refractivity contribution in [3.63, 3.8) is 0 Å². The van der Waals surface area contributed by atoms with Gasteiger partial charge in [0.05, 0.1) is 6.54 Å². The molecule has 0 spiro atoms. The number of carboxylic acid groups (broad SMARTS) is 1. The van der Waals surface area contributed by atoms with Crippen LogP contribution >= 0.6 is 12.6 Å². The summed E-state index contributed by atoms with van der Waals surface area (Å²) in [6.45, 7) is 2.69. The van der Waals surface area contributed by atoms with Crippen LogP contribution < -0.4 is 32.7 Å². The van der Waals surface area contributed by atoms with E-state index in [1.165, 1.54) is 0 Å². The number of carbonyl (C=O) groups excluding carboxylic acids is 3. The van der Waals surface area contributed by atoms with Crippen molar-refractivity contribution in [3.05, 3.63) is 0 Å². The van der Waals surface area contributed by atoms with Gasteiger partial charge in [0.15, 0.2) is 0 Å². The van der Waals surface area contributed by atoms with Gasteiger partial charge in [-0.15, -0.1) is 0 Å². The number of nitrogens with two attached hydrogens (primary N) is 2. The zero-order valence-electron chi connectivity index (χ0n) is 17.3. The number of hydrogen-bond acceptors (Lipinski definition) is 8. The van der Waals surface area contributed by atoms with E-state index in [-0.39, 0.29) is 31.0 Å². The molecule has 0 aromatic carbocycles. The summed E-state index contributed by atoms with van der Waals surface area (Å²) in [6, 6.07) is -2.08. The summed E-state index contributed by atoms with van der Waals surface area (Å²) in [6.07, 6.45) is 3.79. The van der Waals surface area contributed by atoms with Gasteiger partial charge in [-0.05, 0) is 45.3 Å². The van der Waals surface area contributed by atoms with Crippen molar-refractivity contribution < 1.29 is 24.3 Å². The van der Waals surface area contributed by atoms with Crippen LogP contribution in [0.5, 0.6) is 0 Å². The molecular formula is C18H36N6O5S. The quantitative estimate of drug-likeness (QED) is 0.0867. The van der Waals surface area contributed by atoms with Gasteiger partial charge >= 0.3 is 5.97 Å². The number of thiol groups is 1. The summed E-state index contributed by atoms with van der Waals surface area (Å²) >= 11 is 4.02. The molecule has 0 aromatic rings. The summed E-state index contributed by atoms with van der Waals surface area (Å²) < 4.78 is 0. The van der Waals surface area contributed by atoms with E-state index in [0.29, 0.717) is 13.1 Å². The van der Waals surface area contributed by atoms with Crippen molar-refractivity contribution in [1.29, 1.82) is 0 Å². The Labute approximate surface area is 182 Å². The van der Waals surface area contributed by atoms with Crippen LogP contribution in [-0.2, 0) is 19.2 Å². The van der Waals surface area contributed by atoms with Crippen molar-refractivity contribution in [2.24, 2.45) is 11.5 Å². The van der Waals surface area contributed by atoms with Crippen LogP contribution in [0, 0.1) is 0 Å². The predicted molar refractivity (Wildman–Crippen MR) is 117 cm³/mol. The van der Waals surface area contributed by atoms with Gasteiger partial charge in [-0.1, -0.05) is 6.42 Å². The van der Waals surface area contributed by atoms with E-state index in [4.69, 9.17) is 16.6 Å². The third kappa shape index (κ3) is 15.0. The maximum atomic E-state index is 12.1. The van der Waals surface area contributed by atoms with Gasteiger partial charge in [0.25, 0.3) is 0 Å². The zero-order valence-corrected chi connectivity index (χ0v) is 18.2. The molecule has 11 nitrogen and oxygen atoms in total. The van der Waals surface area contributed by atoms with E-state index < -0.39 is 29.9 Å². The second kappa shape index (κ2) is 17.9. The Morgan fingerprint density at radius 1 is 0.933 bits per heavy atom. The molecule has 0 bridgehead atoms. The minimum Gasteiger partial charge on any atom is -0.480 e. The van der Waals surface area contributed by atoms with Crippen LogP contribution in [0.2, 0.25) is 0 Å².